The van der Waals surface area contributed by atoms with Crippen LogP contribution >= 0.6 is 0 Å². The molecule has 3 aliphatic rings. The molecule has 0 spiro atoms. The minimum absolute atomic E-state index is 0.327. The molecule has 3 rings (SSSR count). The van der Waals surface area contributed by atoms with Gasteiger partial charge in [-0.2, -0.15) is 0 Å². The maximum Gasteiger partial charge on any atom is 0.223 e. The molecule has 3 aliphatic heterocycles. The van der Waals surface area contributed by atoms with Crippen LogP contribution < -0.4 is 5.32 Å². The standard InChI is InChI=1S/C15H26N2O2/c1-11-8-12-9-16-10-14(12)17(11)15(18)6-5-13-4-2-3-7-19-13/h11-14,16H,2-10H2,1H3. The number of likely N-dealkylation sites (tertiary alicyclic amines) is 1. The number of carbonyl (C=O) groups excluding carboxylic acids is 1. The van der Waals surface area contributed by atoms with Crippen molar-refractivity contribution >= 4 is 5.91 Å². The number of amides is 1. The lowest BCUT2D eigenvalue weighted by atomic mass is 10.0. The largest absolute Gasteiger partial charge is 0.378 e. The highest BCUT2D eigenvalue weighted by atomic mass is 16.5. The maximum atomic E-state index is 12.5. The van der Waals surface area contributed by atoms with Crippen molar-refractivity contribution in [2.75, 3.05) is 19.7 Å². The van der Waals surface area contributed by atoms with Crippen molar-refractivity contribution in [3.63, 3.8) is 0 Å². The lowest BCUT2D eigenvalue weighted by molar-refractivity contribution is -0.134. The Morgan fingerprint density at radius 1 is 1.37 bits per heavy atom. The minimum Gasteiger partial charge on any atom is -0.378 e. The van der Waals surface area contributed by atoms with E-state index in [-0.39, 0.29) is 0 Å². The maximum absolute atomic E-state index is 12.5. The molecule has 0 radical (unpaired) electrons. The normalized spacial score (nSPS) is 38.5. The molecule has 0 aliphatic carbocycles. The summed E-state index contributed by atoms with van der Waals surface area (Å²) < 4.78 is 5.72. The Balaban J connectivity index is 1.51. The third-order valence-electron chi connectivity index (χ3n) is 5.02. The predicted molar refractivity (Wildman–Crippen MR) is 73.9 cm³/mol. The number of nitrogens with one attached hydrogen (secondary N) is 1. The van der Waals surface area contributed by atoms with Gasteiger partial charge in [0.2, 0.25) is 5.91 Å². The third-order valence-corrected chi connectivity index (χ3v) is 5.02. The fourth-order valence-corrected chi connectivity index (χ4v) is 4.04. The van der Waals surface area contributed by atoms with Crippen LogP contribution in [0.1, 0.15) is 45.4 Å². The summed E-state index contributed by atoms with van der Waals surface area (Å²) in [6.45, 7) is 5.16. The highest BCUT2D eigenvalue weighted by molar-refractivity contribution is 5.77. The van der Waals surface area contributed by atoms with Crippen LogP contribution in [0.3, 0.4) is 0 Å². The van der Waals surface area contributed by atoms with Gasteiger partial charge in [-0.15, -0.1) is 0 Å². The minimum atomic E-state index is 0.327. The van der Waals surface area contributed by atoms with E-state index < -0.39 is 0 Å². The molecule has 0 aromatic rings. The Morgan fingerprint density at radius 3 is 3.05 bits per heavy atom. The number of nitrogens with zero attached hydrogens (tertiary/aromatic N) is 1. The van der Waals surface area contributed by atoms with Crippen LogP contribution in [0.15, 0.2) is 0 Å². The molecule has 3 heterocycles. The molecule has 4 nitrogen and oxygen atoms in total. The van der Waals surface area contributed by atoms with E-state index in [1.54, 1.807) is 0 Å². The van der Waals surface area contributed by atoms with Gasteiger partial charge in [-0.3, -0.25) is 4.79 Å². The first-order valence-electron chi connectivity index (χ1n) is 7.89. The van der Waals surface area contributed by atoms with Crippen LogP contribution in [0, 0.1) is 5.92 Å². The summed E-state index contributed by atoms with van der Waals surface area (Å²) in [6, 6.07) is 0.881. The Morgan fingerprint density at radius 2 is 2.26 bits per heavy atom. The van der Waals surface area contributed by atoms with Crippen LogP contribution in [-0.4, -0.2) is 48.7 Å². The van der Waals surface area contributed by atoms with Gasteiger partial charge < -0.3 is 15.0 Å². The van der Waals surface area contributed by atoms with Crippen molar-refractivity contribution in [2.45, 2.75) is 63.6 Å². The molecule has 1 N–H and O–H groups in total. The first-order chi connectivity index (χ1) is 9.25. The van der Waals surface area contributed by atoms with Crippen molar-refractivity contribution in [1.29, 1.82) is 0 Å². The van der Waals surface area contributed by atoms with Gasteiger partial charge in [0.1, 0.15) is 0 Å². The summed E-state index contributed by atoms with van der Waals surface area (Å²) >= 11 is 0. The van der Waals surface area contributed by atoms with Gasteiger partial charge >= 0.3 is 0 Å². The fourth-order valence-electron chi connectivity index (χ4n) is 4.04. The molecule has 0 aromatic heterocycles. The van der Waals surface area contributed by atoms with E-state index in [0.717, 1.165) is 32.5 Å². The average Bonchev–Trinajstić information content (AvgIpc) is 2.97. The van der Waals surface area contributed by atoms with Gasteiger partial charge in [0, 0.05) is 38.2 Å². The smallest absolute Gasteiger partial charge is 0.223 e. The number of hydrogen-bond acceptors (Lipinski definition) is 3. The van der Waals surface area contributed by atoms with Gasteiger partial charge in [0.25, 0.3) is 0 Å². The molecule has 0 saturated carbocycles. The zero-order valence-electron chi connectivity index (χ0n) is 11.9. The quantitative estimate of drug-likeness (QED) is 0.842. The van der Waals surface area contributed by atoms with Crippen molar-refractivity contribution in [1.82, 2.24) is 10.2 Å². The average molecular weight is 266 g/mol. The van der Waals surface area contributed by atoms with E-state index >= 15 is 0 Å². The highest BCUT2D eigenvalue weighted by Gasteiger charge is 2.43. The Bertz CT molecular complexity index is 328. The Kier molecular flexibility index (Phi) is 4.08. The molecule has 108 valence electrons. The van der Waals surface area contributed by atoms with E-state index in [4.69, 9.17) is 4.74 Å². The number of fused-ring (bicyclic) bond motifs is 1. The summed E-state index contributed by atoms with van der Waals surface area (Å²) in [6.07, 6.45) is 6.65. The monoisotopic (exact) mass is 266 g/mol. The van der Waals surface area contributed by atoms with Crippen molar-refractivity contribution in [3.05, 3.63) is 0 Å². The molecule has 19 heavy (non-hydrogen) atoms. The van der Waals surface area contributed by atoms with Gasteiger partial charge in [-0.05, 0) is 44.9 Å². The molecule has 1 amide bonds. The van der Waals surface area contributed by atoms with E-state index in [1.807, 2.05) is 0 Å². The van der Waals surface area contributed by atoms with Gasteiger partial charge in [0.15, 0.2) is 0 Å². The van der Waals surface area contributed by atoms with Crippen LogP contribution in [0.25, 0.3) is 0 Å². The number of ether oxygens (including phenoxy) is 1. The first kappa shape index (κ1) is 13.4. The lowest BCUT2D eigenvalue weighted by Gasteiger charge is -2.29. The van der Waals surface area contributed by atoms with Crippen LogP contribution in [0.5, 0.6) is 0 Å². The third kappa shape index (κ3) is 2.79. The summed E-state index contributed by atoms with van der Waals surface area (Å²) in [7, 11) is 0. The number of hydrogen-bond donors (Lipinski definition) is 1. The predicted octanol–water partition coefficient (Wildman–Crippen LogP) is 1.54. The highest BCUT2D eigenvalue weighted by Crippen LogP contribution is 2.33. The molecular formula is C15H26N2O2. The second-order valence-electron chi connectivity index (χ2n) is 6.40. The summed E-state index contributed by atoms with van der Waals surface area (Å²) in [5, 5.41) is 3.42. The van der Waals surface area contributed by atoms with E-state index in [1.165, 1.54) is 19.3 Å². The molecule has 0 aromatic carbocycles. The first-order valence-corrected chi connectivity index (χ1v) is 7.89. The van der Waals surface area contributed by atoms with Gasteiger partial charge in [0.05, 0.1) is 6.10 Å². The Labute approximate surface area is 115 Å². The second-order valence-corrected chi connectivity index (χ2v) is 6.40. The van der Waals surface area contributed by atoms with E-state index in [9.17, 15) is 4.79 Å². The van der Waals surface area contributed by atoms with Crippen LogP contribution in [0.2, 0.25) is 0 Å². The molecule has 4 heteroatoms. The molecule has 4 unspecified atom stereocenters. The summed E-state index contributed by atoms with van der Waals surface area (Å²) in [4.78, 5) is 14.6. The zero-order valence-corrected chi connectivity index (χ0v) is 11.9. The van der Waals surface area contributed by atoms with Crippen molar-refractivity contribution in [3.8, 4) is 0 Å². The SMILES string of the molecule is CC1CC2CNCC2N1C(=O)CCC1CCCCO1. The lowest BCUT2D eigenvalue weighted by Crippen LogP contribution is -2.43. The van der Waals surface area contributed by atoms with Crippen LogP contribution in [0.4, 0.5) is 0 Å². The molecule has 4 atom stereocenters. The second kappa shape index (κ2) is 5.80. The Hall–Kier alpha value is -0.610. The van der Waals surface area contributed by atoms with E-state index in [0.29, 0.717) is 36.4 Å². The fraction of sp³-hybridized carbons (Fsp3) is 0.933. The number of carbonyl (C=O) groups is 1. The molecule has 3 saturated heterocycles. The van der Waals surface area contributed by atoms with Gasteiger partial charge in [-0.25, -0.2) is 0 Å². The van der Waals surface area contributed by atoms with Crippen LogP contribution in [-0.2, 0) is 9.53 Å². The topological polar surface area (TPSA) is 41.6 Å². The molecule has 0 bridgehead atoms. The van der Waals surface area contributed by atoms with E-state index in [2.05, 4.69) is 17.1 Å². The van der Waals surface area contributed by atoms with Crippen molar-refractivity contribution < 1.29 is 9.53 Å². The zero-order chi connectivity index (χ0) is 13.2. The molecular weight excluding hydrogens is 240 g/mol. The van der Waals surface area contributed by atoms with Crippen molar-refractivity contribution in [2.24, 2.45) is 5.92 Å². The summed E-state index contributed by atoms with van der Waals surface area (Å²) in [5.41, 5.74) is 0. The van der Waals surface area contributed by atoms with Gasteiger partial charge in [-0.1, -0.05) is 0 Å². The summed E-state index contributed by atoms with van der Waals surface area (Å²) in [5.74, 6) is 1.03. The molecule has 3 fully saturated rings. The number of rotatable bonds is 3.